The summed E-state index contributed by atoms with van der Waals surface area (Å²) in [6, 6.07) is 15.1. The van der Waals surface area contributed by atoms with Crippen molar-refractivity contribution in [3.8, 4) is 11.5 Å². The molecule has 7 heteroatoms. The van der Waals surface area contributed by atoms with E-state index in [1.54, 1.807) is 12.3 Å². The van der Waals surface area contributed by atoms with Crippen molar-refractivity contribution >= 4 is 5.91 Å². The van der Waals surface area contributed by atoms with Crippen LogP contribution in [-0.4, -0.2) is 37.1 Å². The van der Waals surface area contributed by atoms with Gasteiger partial charge in [0.15, 0.2) is 11.5 Å². The highest BCUT2D eigenvalue weighted by molar-refractivity contribution is 5.93. The number of nitrogens with one attached hydrogen (secondary N) is 1. The second-order valence-corrected chi connectivity index (χ2v) is 6.86. The van der Waals surface area contributed by atoms with Gasteiger partial charge in [-0.05, 0) is 43.3 Å². The number of aryl methyl sites for hydroxylation is 1. The van der Waals surface area contributed by atoms with E-state index < -0.39 is 0 Å². The number of rotatable bonds is 3. The van der Waals surface area contributed by atoms with Crippen molar-refractivity contribution < 1.29 is 9.21 Å². The SMILES string of the molecule is Cc1ccc(-c2cc(C(=O)N3CCn4cccc4[C@H]3c3ccccn3)n[nH]2)o1. The fourth-order valence-electron chi connectivity index (χ4n) is 3.74. The van der Waals surface area contributed by atoms with Crippen LogP contribution in [0.15, 0.2) is 65.3 Å². The van der Waals surface area contributed by atoms with E-state index in [2.05, 4.69) is 19.7 Å². The highest BCUT2D eigenvalue weighted by Gasteiger charge is 2.34. The Labute approximate surface area is 161 Å². The Morgan fingerprint density at radius 2 is 2.11 bits per heavy atom. The first-order valence-corrected chi connectivity index (χ1v) is 9.20. The number of amides is 1. The highest BCUT2D eigenvalue weighted by Crippen LogP contribution is 2.32. The summed E-state index contributed by atoms with van der Waals surface area (Å²) in [7, 11) is 0. The van der Waals surface area contributed by atoms with E-state index in [4.69, 9.17) is 4.42 Å². The van der Waals surface area contributed by atoms with Crippen molar-refractivity contribution in [3.05, 3.63) is 83.8 Å². The van der Waals surface area contributed by atoms with Gasteiger partial charge >= 0.3 is 0 Å². The topological polar surface area (TPSA) is 80.0 Å². The molecule has 1 aliphatic rings. The number of hydrogen-bond donors (Lipinski definition) is 1. The molecule has 28 heavy (non-hydrogen) atoms. The van der Waals surface area contributed by atoms with Gasteiger partial charge in [-0.15, -0.1) is 0 Å². The molecule has 4 aromatic rings. The second kappa shape index (κ2) is 6.53. The van der Waals surface area contributed by atoms with Gasteiger partial charge in [-0.2, -0.15) is 5.10 Å². The largest absolute Gasteiger partial charge is 0.460 e. The molecule has 140 valence electrons. The van der Waals surface area contributed by atoms with Crippen LogP contribution in [0.4, 0.5) is 0 Å². The average Bonchev–Trinajstić information content (AvgIpc) is 3.47. The summed E-state index contributed by atoms with van der Waals surface area (Å²) in [5.74, 6) is 1.34. The van der Waals surface area contributed by atoms with Gasteiger partial charge in [-0.25, -0.2) is 0 Å². The van der Waals surface area contributed by atoms with Gasteiger partial charge in [-0.3, -0.25) is 14.9 Å². The zero-order valence-corrected chi connectivity index (χ0v) is 15.4. The Morgan fingerprint density at radius 1 is 1.18 bits per heavy atom. The standard InChI is InChI=1S/C21H19N5O2/c1-14-7-8-19(28-14)16-13-17(24-23-16)21(27)26-12-11-25-10-4-6-18(25)20(26)15-5-2-3-9-22-15/h2-10,13,20H,11-12H2,1H3,(H,23,24)/t20-/m1/s1. The molecule has 0 radical (unpaired) electrons. The maximum absolute atomic E-state index is 13.3. The van der Waals surface area contributed by atoms with E-state index >= 15 is 0 Å². The van der Waals surface area contributed by atoms with Gasteiger partial charge in [0.2, 0.25) is 0 Å². The van der Waals surface area contributed by atoms with Crippen molar-refractivity contribution in [1.82, 2.24) is 24.6 Å². The Hall–Kier alpha value is -3.61. The molecule has 4 aromatic heterocycles. The molecule has 0 saturated carbocycles. The number of carbonyl (C=O) groups is 1. The molecular weight excluding hydrogens is 354 g/mol. The van der Waals surface area contributed by atoms with Crippen molar-refractivity contribution in [2.24, 2.45) is 0 Å². The molecule has 1 aliphatic heterocycles. The molecule has 1 N–H and O–H groups in total. The monoisotopic (exact) mass is 373 g/mol. The van der Waals surface area contributed by atoms with Crippen LogP contribution >= 0.6 is 0 Å². The third-order valence-electron chi connectivity index (χ3n) is 5.07. The Balaban J connectivity index is 1.51. The molecule has 5 rings (SSSR count). The average molecular weight is 373 g/mol. The van der Waals surface area contributed by atoms with Crippen molar-refractivity contribution in [2.75, 3.05) is 6.54 Å². The van der Waals surface area contributed by atoms with E-state index in [9.17, 15) is 4.79 Å². The minimum absolute atomic E-state index is 0.131. The molecule has 0 aliphatic carbocycles. The van der Waals surface area contributed by atoms with Gasteiger partial charge in [0, 0.05) is 37.2 Å². The molecule has 0 spiro atoms. The second-order valence-electron chi connectivity index (χ2n) is 6.86. The number of aromatic amines is 1. The lowest BCUT2D eigenvalue weighted by Crippen LogP contribution is -2.42. The lowest BCUT2D eigenvalue weighted by atomic mass is 10.0. The van der Waals surface area contributed by atoms with Gasteiger partial charge in [-0.1, -0.05) is 6.07 Å². The first-order valence-electron chi connectivity index (χ1n) is 9.20. The van der Waals surface area contributed by atoms with E-state index in [-0.39, 0.29) is 11.9 Å². The zero-order valence-electron chi connectivity index (χ0n) is 15.4. The third-order valence-corrected chi connectivity index (χ3v) is 5.07. The number of H-pyrrole nitrogens is 1. The van der Waals surface area contributed by atoms with Crippen LogP contribution in [0.5, 0.6) is 0 Å². The maximum atomic E-state index is 13.3. The van der Waals surface area contributed by atoms with E-state index in [0.29, 0.717) is 23.7 Å². The van der Waals surface area contributed by atoms with E-state index in [0.717, 1.165) is 23.7 Å². The van der Waals surface area contributed by atoms with Crippen molar-refractivity contribution in [1.29, 1.82) is 0 Å². The Kier molecular flexibility index (Phi) is 3.86. The molecule has 0 fully saturated rings. The molecular formula is C21H19N5O2. The fraction of sp³-hybridized carbons (Fsp3) is 0.190. The smallest absolute Gasteiger partial charge is 0.275 e. The molecule has 0 aromatic carbocycles. The predicted octanol–water partition coefficient (Wildman–Crippen LogP) is 3.42. The van der Waals surface area contributed by atoms with Crippen LogP contribution in [0.25, 0.3) is 11.5 Å². The zero-order chi connectivity index (χ0) is 19.1. The van der Waals surface area contributed by atoms with Crippen molar-refractivity contribution in [2.45, 2.75) is 19.5 Å². The summed E-state index contributed by atoms with van der Waals surface area (Å²) in [6.45, 7) is 3.21. The summed E-state index contributed by atoms with van der Waals surface area (Å²) in [6.07, 6.45) is 3.80. The van der Waals surface area contributed by atoms with Crippen LogP contribution in [-0.2, 0) is 6.54 Å². The maximum Gasteiger partial charge on any atom is 0.275 e. The number of pyridine rings is 1. The summed E-state index contributed by atoms with van der Waals surface area (Å²) >= 11 is 0. The third kappa shape index (κ3) is 2.72. The number of furan rings is 1. The van der Waals surface area contributed by atoms with Gasteiger partial charge in [0.25, 0.3) is 5.91 Å². The van der Waals surface area contributed by atoms with Crippen LogP contribution in [0, 0.1) is 6.92 Å². The van der Waals surface area contributed by atoms with Gasteiger partial charge in [0.05, 0.1) is 5.69 Å². The molecule has 0 saturated heterocycles. The molecule has 1 amide bonds. The Bertz CT molecular complexity index is 1120. The molecule has 0 bridgehead atoms. The fourth-order valence-corrected chi connectivity index (χ4v) is 3.74. The molecule has 7 nitrogen and oxygen atoms in total. The van der Waals surface area contributed by atoms with E-state index in [1.165, 1.54) is 0 Å². The number of fused-ring (bicyclic) bond motifs is 1. The number of aromatic nitrogens is 4. The molecule has 5 heterocycles. The predicted molar refractivity (Wildman–Crippen MR) is 103 cm³/mol. The van der Waals surface area contributed by atoms with Crippen molar-refractivity contribution in [3.63, 3.8) is 0 Å². The van der Waals surface area contributed by atoms with Gasteiger partial charge in [0.1, 0.15) is 17.5 Å². The number of carbonyl (C=O) groups excluding carboxylic acids is 1. The normalized spacial score (nSPS) is 16.2. The minimum atomic E-state index is -0.247. The summed E-state index contributed by atoms with van der Waals surface area (Å²) in [4.78, 5) is 19.7. The first-order chi connectivity index (χ1) is 13.7. The summed E-state index contributed by atoms with van der Waals surface area (Å²) in [5.41, 5.74) is 2.94. The van der Waals surface area contributed by atoms with Crippen LogP contribution in [0.1, 0.15) is 33.7 Å². The first kappa shape index (κ1) is 16.6. The highest BCUT2D eigenvalue weighted by atomic mass is 16.3. The lowest BCUT2D eigenvalue weighted by Gasteiger charge is -2.36. The Morgan fingerprint density at radius 3 is 2.89 bits per heavy atom. The molecule has 1 atom stereocenters. The van der Waals surface area contributed by atoms with Crippen LogP contribution in [0.2, 0.25) is 0 Å². The quantitative estimate of drug-likeness (QED) is 0.597. The minimum Gasteiger partial charge on any atom is -0.460 e. The van der Waals surface area contributed by atoms with Crippen LogP contribution in [0.3, 0.4) is 0 Å². The number of nitrogens with zero attached hydrogens (tertiary/aromatic N) is 4. The van der Waals surface area contributed by atoms with Crippen LogP contribution < -0.4 is 0 Å². The van der Waals surface area contributed by atoms with Gasteiger partial charge < -0.3 is 13.9 Å². The molecule has 0 unspecified atom stereocenters. The lowest BCUT2D eigenvalue weighted by molar-refractivity contribution is 0.0654. The summed E-state index contributed by atoms with van der Waals surface area (Å²) in [5, 5.41) is 7.16. The number of hydrogen-bond acceptors (Lipinski definition) is 4. The summed E-state index contributed by atoms with van der Waals surface area (Å²) < 4.78 is 7.80. The van der Waals surface area contributed by atoms with E-state index in [1.807, 2.05) is 60.5 Å².